The van der Waals surface area contributed by atoms with Crippen molar-refractivity contribution in [1.29, 1.82) is 0 Å². The van der Waals surface area contributed by atoms with E-state index < -0.39 is 16.8 Å². The zero-order valence-electron chi connectivity index (χ0n) is 16.1. The lowest BCUT2D eigenvalue weighted by atomic mass is 9.95. The first-order valence-corrected chi connectivity index (χ1v) is 11.0. The van der Waals surface area contributed by atoms with E-state index in [1.807, 2.05) is 6.92 Å². The lowest BCUT2D eigenvalue weighted by Gasteiger charge is -2.13. The number of hydrogen-bond donors (Lipinski definition) is 2. The van der Waals surface area contributed by atoms with Crippen molar-refractivity contribution in [2.24, 2.45) is 7.05 Å². The number of fused-ring (bicyclic) bond motifs is 1. The van der Waals surface area contributed by atoms with Crippen LogP contribution in [0.25, 0.3) is 0 Å². The molecule has 2 aromatic rings. The van der Waals surface area contributed by atoms with Crippen molar-refractivity contribution < 1.29 is 23.5 Å². The minimum atomic E-state index is -0.516. The number of aromatic nitrogens is 2. The van der Waals surface area contributed by atoms with E-state index in [9.17, 15) is 14.4 Å². The summed E-state index contributed by atoms with van der Waals surface area (Å²) in [4.78, 5) is 38.4. The Bertz CT molecular complexity index is 930. The van der Waals surface area contributed by atoms with Gasteiger partial charge in [-0.3, -0.25) is 9.32 Å². The lowest BCUT2D eigenvalue weighted by molar-refractivity contribution is -0.772. The van der Waals surface area contributed by atoms with Crippen LogP contribution >= 0.6 is 23.1 Å². The minimum absolute atomic E-state index is 0.253. The summed E-state index contributed by atoms with van der Waals surface area (Å²) in [6, 6.07) is 0. The lowest BCUT2D eigenvalue weighted by Crippen LogP contribution is -2.35. The summed E-state index contributed by atoms with van der Waals surface area (Å²) in [5, 5.41) is 5.72. The predicted octanol–water partition coefficient (Wildman–Crippen LogP) is 2.42. The molecule has 1 aliphatic carbocycles. The molecule has 1 amide bonds. The van der Waals surface area contributed by atoms with E-state index in [-0.39, 0.29) is 12.5 Å². The highest BCUT2D eigenvalue weighted by Crippen LogP contribution is 2.39. The Hall–Kier alpha value is -2.07. The largest absolute Gasteiger partial charge is 0.462 e. The van der Waals surface area contributed by atoms with E-state index in [4.69, 9.17) is 9.26 Å². The molecule has 152 valence electrons. The SMILES string of the molecule is CCOC(=O)c1c(NC(=O)C(CC)Sc2c(=O)o[nH][n+]2C)sc2c1CCCC2. The monoisotopic (exact) mass is 426 g/mol. The maximum Gasteiger partial charge on any atom is 0.441 e. The fourth-order valence-corrected chi connectivity index (χ4v) is 5.40. The molecule has 0 fully saturated rings. The smallest absolute Gasteiger partial charge is 0.441 e. The minimum Gasteiger partial charge on any atom is -0.462 e. The second-order valence-electron chi connectivity index (χ2n) is 6.48. The van der Waals surface area contributed by atoms with Gasteiger partial charge in [-0.15, -0.1) is 11.3 Å². The van der Waals surface area contributed by atoms with Crippen LogP contribution in [0.1, 0.15) is 53.9 Å². The molecule has 0 radical (unpaired) electrons. The summed E-state index contributed by atoms with van der Waals surface area (Å²) in [5.74, 6) is -0.646. The van der Waals surface area contributed by atoms with Crippen LogP contribution in [0.5, 0.6) is 0 Å². The average Bonchev–Trinajstić information content (AvgIpc) is 3.19. The highest BCUT2D eigenvalue weighted by atomic mass is 32.2. The highest BCUT2D eigenvalue weighted by molar-refractivity contribution is 8.00. The molecule has 0 saturated carbocycles. The summed E-state index contributed by atoms with van der Waals surface area (Å²) >= 11 is 2.59. The molecule has 3 rings (SSSR count). The van der Waals surface area contributed by atoms with Crippen molar-refractivity contribution in [3.05, 3.63) is 26.4 Å². The molecule has 1 aliphatic rings. The van der Waals surface area contributed by atoms with Crippen molar-refractivity contribution in [3.8, 4) is 0 Å². The molecular weight excluding hydrogens is 402 g/mol. The summed E-state index contributed by atoms with van der Waals surface area (Å²) in [6.45, 7) is 3.92. The number of rotatable bonds is 7. The number of H-pyrrole nitrogens is 1. The molecule has 0 spiro atoms. The summed E-state index contributed by atoms with van der Waals surface area (Å²) in [7, 11) is 1.64. The fourth-order valence-electron chi connectivity index (χ4n) is 3.18. The fraction of sp³-hybridized carbons (Fsp3) is 0.556. The number of nitrogens with zero attached hydrogens (tertiary/aromatic N) is 1. The molecule has 1 unspecified atom stereocenters. The van der Waals surface area contributed by atoms with Crippen LogP contribution in [-0.4, -0.2) is 29.0 Å². The van der Waals surface area contributed by atoms with Gasteiger partial charge in [0.25, 0.3) is 0 Å². The Labute approximate surface area is 170 Å². The number of anilines is 1. The molecule has 10 heteroatoms. The van der Waals surface area contributed by atoms with Gasteiger partial charge in [-0.1, -0.05) is 11.6 Å². The van der Waals surface area contributed by atoms with Gasteiger partial charge in [0.15, 0.2) is 7.05 Å². The summed E-state index contributed by atoms with van der Waals surface area (Å²) in [5.41, 5.74) is 0.974. The number of amides is 1. The first-order valence-electron chi connectivity index (χ1n) is 9.32. The first kappa shape index (κ1) is 20.7. The van der Waals surface area contributed by atoms with Crippen molar-refractivity contribution in [2.45, 2.75) is 56.2 Å². The Kier molecular flexibility index (Phi) is 6.61. The van der Waals surface area contributed by atoms with Gasteiger partial charge in [-0.05, 0) is 61.6 Å². The van der Waals surface area contributed by atoms with Crippen LogP contribution in [0.3, 0.4) is 0 Å². The number of carbonyl (C=O) groups excluding carboxylic acids is 2. The predicted molar refractivity (Wildman–Crippen MR) is 106 cm³/mol. The zero-order valence-corrected chi connectivity index (χ0v) is 17.8. The topological polar surface area (TPSA) is 105 Å². The molecule has 0 bridgehead atoms. The number of aryl methyl sites for hydroxylation is 2. The average molecular weight is 427 g/mol. The van der Waals surface area contributed by atoms with Gasteiger partial charge in [-0.2, -0.15) is 0 Å². The number of nitrogens with one attached hydrogen (secondary N) is 2. The third-order valence-electron chi connectivity index (χ3n) is 4.56. The molecule has 2 heterocycles. The van der Waals surface area contributed by atoms with Gasteiger partial charge in [0, 0.05) is 4.88 Å². The van der Waals surface area contributed by atoms with E-state index >= 15 is 0 Å². The molecule has 1 atom stereocenters. The Morgan fingerprint density at radius 3 is 2.75 bits per heavy atom. The molecule has 2 aromatic heterocycles. The van der Waals surface area contributed by atoms with Gasteiger partial charge in [0.05, 0.1) is 17.4 Å². The standard InChI is InChI=1S/C18H23N3O5S2/c1-4-11(28-16-18(24)26-20-21(16)3)14(22)19-15-13(17(23)25-5-2)10-8-6-7-9-12(10)27-15/h11H,4-9H2,1-3H3,(H-,19,20,22,23,24)/p+1. The maximum atomic E-state index is 12.9. The van der Waals surface area contributed by atoms with Gasteiger partial charge < -0.3 is 10.1 Å². The number of carbonyl (C=O) groups is 2. The first-order chi connectivity index (χ1) is 13.5. The molecule has 0 saturated heterocycles. The van der Waals surface area contributed by atoms with Crippen LogP contribution in [0.4, 0.5) is 5.00 Å². The Morgan fingerprint density at radius 1 is 1.36 bits per heavy atom. The Balaban J connectivity index is 1.85. The van der Waals surface area contributed by atoms with Crippen molar-refractivity contribution in [2.75, 3.05) is 11.9 Å². The van der Waals surface area contributed by atoms with Crippen LogP contribution in [0.15, 0.2) is 14.3 Å². The van der Waals surface area contributed by atoms with Crippen LogP contribution in [-0.2, 0) is 29.4 Å². The van der Waals surface area contributed by atoms with Crippen LogP contribution in [0.2, 0.25) is 0 Å². The molecule has 8 nitrogen and oxygen atoms in total. The molecular formula is C18H24N3O5S2+. The second-order valence-corrected chi connectivity index (χ2v) is 8.78. The number of thiophene rings is 1. The third-order valence-corrected chi connectivity index (χ3v) is 7.26. The summed E-state index contributed by atoms with van der Waals surface area (Å²) < 4.78 is 11.4. The molecule has 0 aromatic carbocycles. The normalized spacial score (nSPS) is 14.4. The zero-order chi connectivity index (χ0) is 20.3. The Morgan fingerprint density at radius 2 is 2.11 bits per heavy atom. The van der Waals surface area contributed by atoms with Gasteiger partial charge in [0.2, 0.25) is 5.91 Å². The second kappa shape index (κ2) is 8.95. The van der Waals surface area contributed by atoms with Crippen molar-refractivity contribution in [1.82, 2.24) is 5.27 Å². The summed E-state index contributed by atoms with van der Waals surface area (Å²) in [6.07, 6.45) is 4.35. The van der Waals surface area contributed by atoms with E-state index in [1.165, 1.54) is 16.0 Å². The van der Waals surface area contributed by atoms with Crippen molar-refractivity contribution >= 4 is 40.0 Å². The number of aromatic amines is 1. The van der Waals surface area contributed by atoms with Gasteiger partial charge in [0.1, 0.15) is 5.00 Å². The van der Waals surface area contributed by atoms with Gasteiger partial charge in [-0.25, -0.2) is 9.59 Å². The number of hydrogen-bond acceptors (Lipinski definition) is 7. The molecule has 2 N–H and O–H groups in total. The highest BCUT2D eigenvalue weighted by Gasteiger charge is 2.31. The maximum absolute atomic E-state index is 12.9. The number of thioether (sulfide) groups is 1. The van der Waals surface area contributed by atoms with Crippen LogP contribution in [0, 0.1) is 0 Å². The van der Waals surface area contributed by atoms with Gasteiger partial charge >= 0.3 is 16.6 Å². The van der Waals surface area contributed by atoms with E-state index in [0.717, 1.165) is 47.9 Å². The number of ether oxygens (including phenoxy) is 1. The quantitative estimate of drug-likeness (QED) is 0.400. The molecule has 28 heavy (non-hydrogen) atoms. The van der Waals surface area contributed by atoms with E-state index in [2.05, 4.69) is 10.6 Å². The van der Waals surface area contributed by atoms with Crippen molar-refractivity contribution in [3.63, 3.8) is 0 Å². The third kappa shape index (κ3) is 4.17. The number of esters is 1. The molecule has 0 aliphatic heterocycles. The van der Waals surface area contributed by atoms with Crippen LogP contribution < -0.4 is 15.6 Å². The van der Waals surface area contributed by atoms with E-state index in [1.54, 1.807) is 14.0 Å². The van der Waals surface area contributed by atoms with E-state index in [0.29, 0.717) is 22.0 Å².